The van der Waals surface area contributed by atoms with Crippen molar-refractivity contribution in [2.45, 2.75) is 38.2 Å². The molecule has 2 heterocycles. The Bertz CT molecular complexity index is 807. The van der Waals surface area contributed by atoms with Gasteiger partial charge in [0.2, 0.25) is 17.6 Å². The summed E-state index contributed by atoms with van der Waals surface area (Å²) in [5.41, 5.74) is 0.799. The number of rotatable bonds is 7. The lowest BCUT2D eigenvalue weighted by Crippen LogP contribution is -2.48. The van der Waals surface area contributed by atoms with Gasteiger partial charge in [0.1, 0.15) is 5.75 Å². The maximum Gasteiger partial charge on any atom is 0.226 e. The number of aromatic nitrogens is 2. The summed E-state index contributed by atoms with van der Waals surface area (Å²) in [6, 6.07) is 7.57. The van der Waals surface area contributed by atoms with Gasteiger partial charge >= 0.3 is 0 Å². The fraction of sp³-hybridized carbons (Fsp3) is 0.571. The van der Waals surface area contributed by atoms with Crippen molar-refractivity contribution < 1.29 is 18.8 Å². The number of carbonyl (C=O) groups is 1. The van der Waals surface area contributed by atoms with E-state index in [0.29, 0.717) is 54.7 Å². The first kappa shape index (κ1) is 18.9. The van der Waals surface area contributed by atoms with Crippen LogP contribution < -0.4 is 4.74 Å². The molecule has 7 nitrogen and oxygen atoms in total. The zero-order chi connectivity index (χ0) is 19.5. The van der Waals surface area contributed by atoms with Crippen LogP contribution in [-0.4, -0.2) is 54.4 Å². The number of nitrogens with zero attached hydrogens (tertiary/aromatic N) is 3. The fourth-order valence-electron chi connectivity index (χ4n) is 4.61. The monoisotopic (exact) mass is 385 g/mol. The zero-order valence-corrected chi connectivity index (χ0v) is 16.5. The molecule has 2 bridgehead atoms. The van der Waals surface area contributed by atoms with Crippen molar-refractivity contribution in [1.82, 2.24) is 15.0 Å². The summed E-state index contributed by atoms with van der Waals surface area (Å²) >= 11 is 0. The lowest BCUT2D eigenvalue weighted by atomic mass is 9.94. The highest BCUT2D eigenvalue weighted by Crippen LogP contribution is 2.38. The molecule has 1 aliphatic heterocycles. The van der Waals surface area contributed by atoms with Crippen LogP contribution in [0.15, 0.2) is 28.8 Å². The number of carbonyl (C=O) groups excluding carboxylic acids is 1. The molecule has 0 radical (unpaired) electrons. The average molecular weight is 385 g/mol. The van der Waals surface area contributed by atoms with Gasteiger partial charge in [-0.3, -0.25) is 4.79 Å². The first-order valence-corrected chi connectivity index (χ1v) is 9.96. The summed E-state index contributed by atoms with van der Waals surface area (Å²) in [5.74, 6) is 2.97. The summed E-state index contributed by atoms with van der Waals surface area (Å²) in [6.07, 6.45) is 4.46. The maximum absolute atomic E-state index is 12.6. The summed E-state index contributed by atoms with van der Waals surface area (Å²) < 4.78 is 16.3. The van der Waals surface area contributed by atoms with E-state index in [4.69, 9.17) is 14.0 Å². The Balaban J connectivity index is 1.29. The second-order valence-corrected chi connectivity index (χ2v) is 7.66. The molecule has 0 spiro atoms. The molecule has 2 aliphatic rings. The van der Waals surface area contributed by atoms with Crippen molar-refractivity contribution >= 4 is 5.91 Å². The van der Waals surface area contributed by atoms with Crippen molar-refractivity contribution in [2.75, 3.05) is 27.3 Å². The maximum atomic E-state index is 12.6. The molecule has 0 N–H and O–H groups in total. The second kappa shape index (κ2) is 8.31. The summed E-state index contributed by atoms with van der Waals surface area (Å²) in [5, 5.41) is 4.05. The van der Waals surface area contributed by atoms with Gasteiger partial charge < -0.3 is 18.9 Å². The van der Waals surface area contributed by atoms with Gasteiger partial charge in [-0.2, -0.15) is 4.98 Å². The Morgan fingerprint density at radius 2 is 1.96 bits per heavy atom. The summed E-state index contributed by atoms with van der Waals surface area (Å²) in [7, 11) is 3.41. The van der Waals surface area contributed by atoms with Crippen LogP contribution in [0.5, 0.6) is 5.75 Å². The van der Waals surface area contributed by atoms with Crippen molar-refractivity contribution in [1.29, 1.82) is 0 Å². The van der Waals surface area contributed by atoms with Gasteiger partial charge in [-0.05, 0) is 31.4 Å². The fourth-order valence-corrected chi connectivity index (χ4v) is 4.61. The molecule has 7 heteroatoms. The van der Waals surface area contributed by atoms with E-state index in [1.807, 2.05) is 29.2 Å². The molecule has 1 saturated heterocycles. The topological polar surface area (TPSA) is 77.7 Å². The van der Waals surface area contributed by atoms with Crippen molar-refractivity contribution in [3.8, 4) is 17.1 Å². The van der Waals surface area contributed by atoms with E-state index in [-0.39, 0.29) is 5.91 Å². The predicted molar refractivity (Wildman–Crippen MR) is 103 cm³/mol. The number of fused-ring (bicyclic) bond motifs is 2. The van der Waals surface area contributed by atoms with Crippen molar-refractivity contribution in [2.24, 2.45) is 11.8 Å². The zero-order valence-electron chi connectivity index (χ0n) is 16.5. The minimum atomic E-state index is 0.218. The number of hydrogen-bond acceptors (Lipinski definition) is 6. The molecule has 28 heavy (non-hydrogen) atoms. The van der Waals surface area contributed by atoms with Crippen LogP contribution in [0.1, 0.15) is 31.6 Å². The number of para-hydroxylation sites is 1. The lowest BCUT2D eigenvalue weighted by molar-refractivity contribution is -0.136. The van der Waals surface area contributed by atoms with Crippen LogP contribution in [0.25, 0.3) is 11.4 Å². The number of benzene rings is 1. The van der Waals surface area contributed by atoms with Gasteiger partial charge in [0.15, 0.2) is 0 Å². The van der Waals surface area contributed by atoms with E-state index < -0.39 is 0 Å². The number of hydrogen-bond donors (Lipinski definition) is 0. The molecule has 1 amide bonds. The predicted octanol–water partition coefficient (Wildman–Crippen LogP) is 2.95. The number of piperidine rings is 1. The normalized spacial score (nSPS) is 23.8. The molecular weight excluding hydrogens is 358 g/mol. The molecule has 2 aromatic rings. The van der Waals surface area contributed by atoms with Crippen LogP contribution >= 0.6 is 0 Å². The van der Waals surface area contributed by atoms with Crippen LogP contribution in [0.3, 0.4) is 0 Å². The molecule has 1 aromatic heterocycles. The van der Waals surface area contributed by atoms with Crippen LogP contribution in [0.2, 0.25) is 0 Å². The minimum Gasteiger partial charge on any atom is -0.496 e. The van der Waals surface area contributed by atoms with Crippen molar-refractivity contribution in [3.05, 3.63) is 30.2 Å². The Labute approximate surface area is 165 Å². The molecule has 2 fully saturated rings. The van der Waals surface area contributed by atoms with Crippen LogP contribution in [0, 0.1) is 11.8 Å². The summed E-state index contributed by atoms with van der Waals surface area (Å²) in [6.45, 7) is 1.65. The van der Waals surface area contributed by atoms with Gasteiger partial charge in [-0.15, -0.1) is 0 Å². The van der Waals surface area contributed by atoms with Gasteiger partial charge in [-0.1, -0.05) is 17.3 Å². The second-order valence-electron chi connectivity index (χ2n) is 7.66. The Hall–Kier alpha value is -2.41. The van der Waals surface area contributed by atoms with Gasteiger partial charge in [0.05, 0.1) is 18.8 Å². The number of methoxy groups -OCH3 is 2. The quantitative estimate of drug-likeness (QED) is 0.729. The van der Waals surface area contributed by atoms with E-state index in [1.165, 1.54) is 12.8 Å². The molecule has 3 atom stereocenters. The van der Waals surface area contributed by atoms with Gasteiger partial charge in [-0.25, -0.2) is 0 Å². The average Bonchev–Trinajstić information content (AvgIpc) is 3.29. The molecule has 4 rings (SSSR count). The molecule has 150 valence electrons. The van der Waals surface area contributed by atoms with Gasteiger partial charge in [0, 0.05) is 44.9 Å². The van der Waals surface area contributed by atoms with E-state index in [1.54, 1.807) is 14.2 Å². The number of aryl methyl sites for hydroxylation is 1. The largest absolute Gasteiger partial charge is 0.496 e. The Morgan fingerprint density at radius 3 is 2.68 bits per heavy atom. The first-order valence-electron chi connectivity index (χ1n) is 9.96. The van der Waals surface area contributed by atoms with Crippen molar-refractivity contribution in [3.63, 3.8) is 0 Å². The summed E-state index contributed by atoms with van der Waals surface area (Å²) in [4.78, 5) is 19.1. The van der Waals surface area contributed by atoms with Gasteiger partial charge in [0.25, 0.3) is 0 Å². The standard InChI is InChI=1S/C21H27N3O4/c1-26-17-7-4-3-6-16(17)21-22-18(28-23-21)8-5-9-19(25)24-12-14-10-11-15(13-24)20(14)27-2/h3-4,6-7,14-15,20H,5,8-13H2,1-2H3/t14-,15+,20?. The molecular formula is C21H27N3O4. The van der Waals surface area contributed by atoms with E-state index in [9.17, 15) is 4.79 Å². The third-order valence-electron chi connectivity index (χ3n) is 5.97. The highest BCUT2D eigenvalue weighted by atomic mass is 16.5. The Kier molecular flexibility index (Phi) is 5.62. The number of likely N-dealkylation sites (tertiary alicyclic amines) is 1. The highest BCUT2D eigenvalue weighted by molar-refractivity contribution is 5.76. The molecule has 1 unspecified atom stereocenters. The third kappa shape index (κ3) is 3.76. The molecule has 1 aliphatic carbocycles. The third-order valence-corrected chi connectivity index (χ3v) is 5.97. The molecule has 1 saturated carbocycles. The number of amides is 1. The lowest BCUT2D eigenvalue weighted by Gasteiger charge is -2.37. The SMILES string of the molecule is COc1ccccc1-c1noc(CCCC(=O)N2C[C@H]3CC[C@@H](C2)C3OC)n1. The minimum absolute atomic E-state index is 0.218. The van der Waals surface area contributed by atoms with E-state index >= 15 is 0 Å². The van der Waals surface area contributed by atoms with E-state index in [2.05, 4.69) is 10.1 Å². The first-order chi connectivity index (χ1) is 13.7. The van der Waals surface area contributed by atoms with Crippen LogP contribution in [0.4, 0.5) is 0 Å². The molecule has 1 aromatic carbocycles. The van der Waals surface area contributed by atoms with Crippen LogP contribution in [-0.2, 0) is 16.0 Å². The number of ether oxygens (including phenoxy) is 2. The Morgan fingerprint density at radius 1 is 1.21 bits per heavy atom. The van der Waals surface area contributed by atoms with E-state index in [0.717, 1.165) is 18.7 Å². The highest BCUT2D eigenvalue weighted by Gasteiger charge is 2.43. The smallest absolute Gasteiger partial charge is 0.226 e.